The monoisotopic (exact) mass is 109 g/mol. The number of rotatable bonds is 0. The number of piperidine rings is 1. The van der Waals surface area contributed by atoms with Gasteiger partial charge in [0.1, 0.15) is 0 Å². The van der Waals surface area contributed by atoms with Crippen LogP contribution in [0.3, 0.4) is 0 Å². The van der Waals surface area contributed by atoms with Gasteiger partial charge in [0.25, 0.3) is 0 Å². The van der Waals surface area contributed by atoms with Crippen LogP contribution in [0, 0.1) is 11.8 Å². The minimum absolute atomic E-state index is 0.971. The molecule has 1 aliphatic heterocycles. The van der Waals surface area contributed by atoms with E-state index in [0.717, 1.165) is 23.9 Å². The van der Waals surface area contributed by atoms with Gasteiger partial charge in [-0.05, 0) is 31.1 Å². The van der Waals surface area contributed by atoms with Gasteiger partial charge in [-0.2, -0.15) is 0 Å². The summed E-state index contributed by atoms with van der Waals surface area (Å²) >= 11 is 0. The molecule has 0 spiro atoms. The van der Waals surface area contributed by atoms with Crippen molar-refractivity contribution in [2.75, 3.05) is 0 Å². The Balaban J connectivity index is 1.92. The average molecular weight is 109 g/mol. The normalized spacial score (nSPS) is 66.0. The lowest BCUT2D eigenvalue weighted by Gasteiger charge is -2.32. The molecule has 0 radical (unpaired) electrons. The van der Waals surface area contributed by atoms with E-state index in [-0.39, 0.29) is 0 Å². The molecule has 1 heteroatoms. The highest BCUT2D eigenvalue weighted by Crippen LogP contribution is 2.53. The van der Waals surface area contributed by atoms with Gasteiger partial charge in [0.05, 0.1) is 0 Å². The van der Waals surface area contributed by atoms with Crippen LogP contribution in [0.25, 0.3) is 0 Å². The van der Waals surface area contributed by atoms with E-state index in [4.69, 9.17) is 0 Å². The van der Waals surface area contributed by atoms with E-state index in [1.807, 2.05) is 0 Å². The first-order valence-corrected chi connectivity index (χ1v) is 3.71. The second-order valence-corrected chi connectivity index (χ2v) is 3.52. The molecule has 0 bridgehead atoms. The first-order valence-electron chi connectivity index (χ1n) is 3.71. The van der Waals surface area contributed by atoms with Crippen molar-refractivity contribution in [3.05, 3.63) is 0 Å². The fraction of sp³-hybridized carbons (Fsp3) is 1.00. The van der Waals surface area contributed by atoms with Crippen LogP contribution in [-0.4, -0.2) is 12.1 Å². The van der Waals surface area contributed by atoms with Crippen molar-refractivity contribution in [3.63, 3.8) is 0 Å². The highest BCUT2D eigenvalue weighted by Gasteiger charge is 2.56. The summed E-state index contributed by atoms with van der Waals surface area (Å²) in [6, 6.07) is 1.95. The zero-order chi connectivity index (χ0) is 5.14. The highest BCUT2D eigenvalue weighted by atomic mass is 15.1. The van der Waals surface area contributed by atoms with Gasteiger partial charge < -0.3 is 5.32 Å². The molecule has 1 N–H and O–H groups in total. The van der Waals surface area contributed by atoms with Crippen molar-refractivity contribution in [2.24, 2.45) is 11.8 Å². The average Bonchev–Trinajstić information content (AvgIpc) is 2.34. The molecule has 1 heterocycles. The Morgan fingerprint density at radius 3 is 2.38 bits per heavy atom. The van der Waals surface area contributed by atoms with Gasteiger partial charge in [-0.25, -0.2) is 0 Å². The van der Waals surface area contributed by atoms with Crippen molar-refractivity contribution in [1.29, 1.82) is 0 Å². The van der Waals surface area contributed by atoms with Crippen molar-refractivity contribution >= 4 is 0 Å². The summed E-state index contributed by atoms with van der Waals surface area (Å²) in [5.74, 6) is 2.26. The Morgan fingerprint density at radius 2 is 2.00 bits per heavy atom. The van der Waals surface area contributed by atoms with Gasteiger partial charge in [0, 0.05) is 12.1 Å². The predicted molar refractivity (Wildman–Crippen MR) is 31.5 cm³/mol. The second-order valence-electron chi connectivity index (χ2n) is 3.52. The molecule has 0 aromatic rings. The van der Waals surface area contributed by atoms with Crippen LogP contribution >= 0.6 is 0 Å². The maximum absolute atomic E-state index is 3.63. The molecule has 2 aliphatic carbocycles. The molecular weight excluding hydrogens is 98.1 g/mol. The molecule has 0 aromatic heterocycles. The van der Waals surface area contributed by atoms with Gasteiger partial charge in [0.15, 0.2) is 0 Å². The zero-order valence-corrected chi connectivity index (χ0v) is 4.93. The van der Waals surface area contributed by atoms with E-state index >= 15 is 0 Å². The summed E-state index contributed by atoms with van der Waals surface area (Å²) in [4.78, 5) is 0. The fourth-order valence-corrected chi connectivity index (χ4v) is 2.40. The number of nitrogens with one attached hydrogen (secondary N) is 1. The van der Waals surface area contributed by atoms with E-state index in [1.165, 1.54) is 19.3 Å². The van der Waals surface area contributed by atoms with E-state index in [2.05, 4.69) is 5.32 Å². The Bertz CT molecular complexity index is 128. The van der Waals surface area contributed by atoms with Crippen molar-refractivity contribution < 1.29 is 0 Å². The third-order valence-corrected chi connectivity index (χ3v) is 3.15. The SMILES string of the molecule is C1CC2C1NC1CC12. The van der Waals surface area contributed by atoms with Gasteiger partial charge in [-0.1, -0.05) is 0 Å². The summed E-state index contributed by atoms with van der Waals surface area (Å²) in [6.45, 7) is 0. The van der Waals surface area contributed by atoms with Gasteiger partial charge >= 0.3 is 0 Å². The van der Waals surface area contributed by atoms with Crippen LogP contribution < -0.4 is 5.32 Å². The quantitative estimate of drug-likeness (QED) is 0.484. The molecule has 3 aliphatic rings. The molecule has 4 atom stereocenters. The molecule has 0 amide bonds. The first-order chi connectivity index (χ1) is 3.95. The summed E-state index contributed by atoms with van der Waals surface area (Å²) in [5, 5.41) is 3.63. The summed E-state index contributed by atoms with van der Waals surface area (Å²) in [6.07, 6.45) is 4.50. The second kappa shape index (κ2) is 0.971. The van der Waals surface area contributed by atoms with E-state index in [9.17, 15) is 0 Å². The lowest BCUT2D eigenvalue weighted by Crippen LogP contribution is -2.39. The Labute approximate surface area is 49.5 Å². The highest BCUT2D eigenvalue weighted by molar-refractivity contribution is 5.12. The summed E-state index contributed by atoms with van der Waals surface area (Å²) in [5.41, 5.74) is 0. The Morgan fingerprint density at radius 1 is 1.00 bits per heavy atom. The van der Waals surface area contributed by atoms with Crippen LogP contribution in [0.2, 0.25) is 0 Å². The molecule has 1 saturated heterocycles. The van der Waals surface area contributed by atoms with E-state index < -0.39 is 0 Å². The van der Waals surface area contributed by atoms with Crippen LogP contribution in [0.5, 0.6) is 0 Å². The maximum Gasteiger partial charge on any atom is 0.0105 e. The lowest BCUT2D eigenvalue weighted by molar-refractivity contribution is 0.234. The summed E-state index contributed by atoms with van der Waals surface area (Å²) in [7, 11) is 0. The third-order valence-electron chi connectivity index (χ3n) is 3.15. The van der Waals surface area contributed by atoms with E-state index in [0.29, 0.717) is 0 Å². The van der Waals surface area contributed by atoms with Crippen LogP contribution in [0.4, 0.5) is 0 Å². The van der Waals surface area contributed by atoms with Gasteiger partial charge in [-0.15, -0.1) is 0 Å². The molecule has 0 aromatic carbocycles. The molecule has 1 nitrogen and oxygen atoms in total. The molecule has 44 valence electrons. The molecule has 3 rings (SSSR count). The fourth-order valence-electron chi connectivity index (χ4n) is 2.40. The molecule has 4 unspecified atom stereocenters. The summed E-state index contributed by atoms with van der Waals surface area (Å²) < 4.78 is 0. The van der Waals surface area contributed by atoms with Gasteiger partial charge in [-0.3, -0.25) is 0 Å². The molecule has 8 heavy (non-hydrogen) atoms. The van der Waals surface area contributed by atoms with Gasteiger partial charge in [0.2, 0.25) is 0 Å². The smallest absolute Gasteiger partial charge is 0.0105 e. The number of fused-ring (bicyclic) bond motifs is 3. The van der Waals surface area contributed by atoms with E-state index in [1.54, 1.807) is 0 Å². The maximum atomic E-state index is 3.63. The van der Waals surface area contributed by atoms with Crippen molar-refractivity contribution in [3.8, 4) is 0 Å². The topological polar surface area (TPSA) is 12.0 Å². The number of hydrogen-bond donors (Lipinski definition) is 1. The first kappa shape index (κ1) is 3.89. The minimum atomic E-state index is 0.971. The Hall–Kier alpha value is -0.0400. The van der Waals surface area contributed by atoms with Crippen molar-refractivity contribution in [1.82, 2.24) is 5.32 Å². The van der Waals surface area contributed by atoms with Crippen LogP contribution in [0.15, 0.2) is 0 Å². The molecule has 3 fully saturated rings. The Kier molecular flexibility index (Phi) is 0.472. The van der Waals surface area contributed by atoms with Crippen LogP contribution in [0.1, 0.15) is 19.3 Å². The third kappa shape index (κ3) is 0.278. The minimum Gasteiger partial charge on any atom is -0.311 e. The van der Waals surface area contributed by atoms with Crippen molar-refractivity contribution in [2.45, 2.75) is 31.3 Å². The lowest BCUT2D eigenvalue weighted by atomic mass is 9.78. The standard InChI is InChI=1S/C7H11N/c1-2-6-4(1)5-3-7(5)8-6/h4-8H,1-3H2. The zero-order valence-electron chi connectivity index (χ0n) is 4.93. The largest absolute Gasteiger partial charge is 0.311 e. The molecular formula is C7H11N. The predicted octanol–water partition coefficient (Wildman–Crippen LogP) is 0.757. The molecule has 2 saturated carbocycles. The number of hydrogen-bond acceptors (Lipinski definition) is 1. The van der Waals surface area contributed by atoms with Crippen LogP contribution in [-0.2, 0) is 0 Å².